The van der Waals surface area contributed by atoms with Crippen LogP contribution in [0.5, 0.6) is 5.75 Å². The Bertz CT molecular complexity index is 507. The molecule has 0 aliphatic heterocycles. The van der Waals surface area contributed by atoms with Crippen LogP contribution in [0.15, 0.2) is 18.2 Å². The summed E-state index contributed by atoms with van der Waals surface area (Å²) in [5.41, 5.74) is -0.484. The highest BCUT2D eigenvalue weighted by Gasteiger charge is 2.67. The lowest BCUT2D eigenvalue weighted by Gasteiger charge is -2.13. The van der Waals surface area contributed by atoms with Gasteiger partial charge < -0.3 is 10.1 Å². The zero-order valence-corrected chi connectivity index (χ0v) is 11.4. The largest absolute Gasteiger partial charge is 0.494 e. The quantitative estimate of drug-likeness (QED) is 0.868. The Kier molecular flexibility index (Phi) is 3.19. The van der Waals surface area contributed by atoms with Crippen molar-refractivity contribution in [2.24, 2.45) is 5.41 Å². The van der Waals surface area contributed by atoms with Crippen LogP contribution < -0.4 is 10.1 Å². The van der Waals surface area contributed by atoms with Crippen molar-refractivity contribution in [3.8, 4) is 5.75 Å². The summed E-state index contributed by atoms with van der Waals surface area (Å²) in [7, 11) is 1.37. The van der Waals surface area contributed by atoms with Gasteiger partial charge in [-0.1, -0.05) is 0 Å². The third kappa shape index (κ3) is 2.15. The van der Waals surface area contributed by atoms with Gasteiger partial charge in [-0.2, -0.15) is 0 Å². The van der Waals surface area contributed by atoms with E-state index in [4.69, 9.17) is 27.9 Å². The Labute approximate surface area is 114 Å². The highest BCUT2D eigenvalue weighted by Crippen LogP contribution is 2.64. The molecule has 1 aromatic carbocycles. The van der Waals surface area contributed by atoms with Gasteiger partial charge in [-0.25, -0.2) is 4.39 Å². The van der Waals surface area contributed by atoms with Crippen LogP contribution in [0.3, 0.4) is 0 Å². The Morgan fingerprint density at radius 2 is 2.11 bits per heavy atom. The van der Waals surface area contributed by atoms with Crippen LogP contribution in [-0.2, 0) is 4.79 Å². The van der Waals surface area contributed by atoms with Gasteiger partial charge >= 0.3 is 0 Å². The molecule has 0 bridgehead atoms. The average molecular weight is 292 g/mol. The van der Waals surface area contributed by atoms with Gasteiger partial charge in [-0.15, -0.1) is 23.2 Å². The maximum absolute atomic E-state index is 13.4. The molecule has 3 nitrogen and oxygen atoms in total. The van der Waals surface area contributed by atoms with Crippen molar-refractivity contribution in [2.75, 3.05) is 12.4 Å². The minimum Gasteiger partial charge on any atom is -0.494 e. The molecule has 18 heavy (non-hydrogen) atoms. The van der Waals surface area contributed by atoms with Gasteiger partial charge in [0.15, 0.2) is 11.6 Å². The third-order valence-corrected chi connectivity index (χ3v) is 4.27. The van der Waals surface area contributed by atoms with Crippen molar-refractivity contribution in [1.29, 1.82) is 0 Å². The van der Waals surface area contributed by atoms with E-state index in [0.717, 1.165) is 0 Å². The van der Waals surface area contributed by atoms with Gasteiger partial charge in [-0.3, -0.25) is 4.79 Å². The number of anilines is 1. The predicted molar refractivity (Wildman–Crippen MR) is 68.7 cm³/mol. The molecule has 2 rings (SSSR count). The van der Waals surface area contributed by atoms with Crippen LogP contribution in [0, 0.1) is 11.2 Å². The summed E-state index contributed by atoms with van der Waals surface area (Å²) in [6.45, 7) is 1.67. The smallest absolute Gasteiger partial charge is 0.233 e. The highest BCUT2D eigenvalue weighted by molar-refractivity contribution is 6.53. The number of nitrogens with one attached hydrogen (secondary N) is 1. The van der Waals surface area contributed by atoms with Gasteiger partial charge in [0.25, 0.3) is 0 Å². The van der Waals surface area contributed by atoms with Gasteiger partial charge in [-0.05, 0) is 25.5 Å². The van der Waals surface area contributed by atoms with Gasteiger partial charge in [0.05, 0.1) is 12.5 Å². The van der Waals surface area contributed by atoms with Crippen LogP contribution in [0.2, 0.25) is 0 Å². The number of hydrogen-bond donors (Lipinski definition) is 1. The Morgan fingerprint density at radius 1 is 1.50 bits per heavy atom. The molecule has 6 heteroatoms. The summed E-state index contributed by atoms with van der Waals surface area (Å²) >= 11 is 11.8. The average Bonchev–Trinajstić information content (AvgIpc) is 2.80. The Morgan fingerprint density at radius 3 is 2.56 bits per heavy atom. The number of alkyl halides is 2. The van der Waals surface area contributed by atoms with E-state index in [-0.39, 0.29) is 11.7 Å². The number of rotatable bonds is 3. The molecule has 0 heterocycles. The summed E-state index contributed by atoms with van der Waals surface area (Å²) in [4.78, 5) is 11.9. The summed E-state index contributed by atoms with van der Waals surface area (Å²) < 4.78 is 17.2. The first-order valence-corrected chi connectivity index (χ1v) is 6.08. The van der Waals surface area contributed by atoms with Gasteiger partial charge in [0.2, 0.25) is 5.91 Å². The second-order valence-corrected chi connectivity index (χ2v) is 6.00. The lowest BCUT2D eigenvalue weighted by atomic mass is 10.1. The fourth-order valence-corrected chi connectivity index (χ4v) is 2.37. The summed E-state index contributed by atoms with van der Waals surface area (Å²) in [6.07, 6.45) is 0.383. The lowest BCUT2D eigenvalue weighted by Crippen LogP contribution is -2.25. The molecular formula is C12H12Cl2FNO2. The summed E-state index contributed by atoms with van der Waals surface area (Å²) in [5, 5.41) is 2.59. The molecule has 1 unspecified atom stereocenters. The zero-order chi connectivity index (χ0) is 13.6. The van der Waals surface area contributed by atoms with Crippen molar-refractivity contribution in [1.82, 2.24) is 0 Å². The molecule has 1 atom stereocenters. The van der Waals surface area contributed by atoms with E-state index < -0.39 is 15.6 Å². The van der Waals surface area contributed by atoms with Crippen molar-refractivity contribution in [3.05, 3.63) is 24.0 Å². The van der Waals surface area contributed by atoms with E-state index in [9.17, 15) is 9.18 Å². The van der Waals surface area contributed by atoms with E-state index in [0.29, 0.717) is 12.1 Å². The molecule has 1 saturated carbocycles. The Hall–Kier alpha value is -1.00. The molecule has 1 fully saturated rings. The maximum Gasteiger partial charge on any atom is 0.233 e. The SMILES string of the molecule is COc1ccc(NC(=O)C2(C)CC2(Cl)Cl)cc1F. The number of hydrogen-bond acceptors (Lipinski definition) is 2. The fourth-order valence-electron chi connectivity index (χ4n) is 1.66. The summed E-state index contributed by atoms with van der Waals surface area (Å²) in [5.74, 6) is -0.744. The fraction of sp³-hybridized carbons (Fsp3) is 0.417. The third-order valence-electron chi connectivity index (χ3n) is 3.17. The molecule has 0 saturated heterocycles. The minimum atomic E-state index is -1.04. The van der Waals surface area contributed by atoms with Crippen LogP contribution in [-0.4, -0.2) is 17.4 Å². The molecule has 1 aliphatic rings. The van der Waals surface area contributed by atoms with Crippen molar-refractivity contribution >= 4 is 34.8 Å². The topological polar surface area (TPSA) is 38.3 Å². The molecule has 1 N–H and O–H groups in total. The van der Waals surface area contributed by atoms with E-state index in [1.54, 1.807) is 13.0 Å². The maximum atomic E-state index is 13.4. The van der Waals surface area contributed by atoms with Crippen LogP contribution >= 0.6 is 23.2 Å². The van der Waals surface area contributed by atoms with Crippen molar-refractivity contribution < 1.29 is 13.9 Å². The van der Waals surface area contributed by atoms with E-state index in [1.807, 2.05) is 0 Å². The number of carbonyl (C=O) groups excluding carboxylic acids is 1. The van der Waals surface area contributed by atoms with E-state index in [2.05, 4.69) is 5.32 Å². The van der Waals surface area contributed by atoms with Crippen molar-refractivity contribution in [2.45, 2.75) is 17.7 Å². The first-order valence-electron chi connectivity index (χ1n) is 5.33. The minimum absolute atomic E-state index is 0.120. The lowest BCUT2D eigenvalue weighted by molar-refractivity contribution is -0.120. The molecule has 0 spiro atoms. The van der Waals surface area contributed by atoms with Crippen LogP contribution in [0.25, 0.3) is 0 Å². The molecule has 0 aromatic heterocycles. The molecular weight excluding hydrogens is 280 g/mol. The molecule has 1 aliphatic carbocycles. The van der Waals surface area contributed by atoms with Crippen LogP contribution in [0.4, 0.5) is 10.1 Å². The first kappa shape index (κ1) is 13.4. The monoisotopic (exact) mass is 291 g/mol. The van der Waals surface area contributed by atoms with Gasteiger partial charge in [0, 0.05) is 11.8 Å². The number of methoxy groups -OCH3 is 1. The second-order valence-electron chi connectivity index (χ2n) is 4.52. The van der Waals surface area contributed by atoms with Crippen molar-refractivity contribution in [3.63, 3.8) is 0 Å². The number of ether oxygens (including phenoxy) is 1. The number of halogens is 3. The number of amides is 1. The second kappa shape index (κ2) is 4.28. The number of carbonyl (C=O) groups is 1. The zero-order valence-electron chi connectivity index (χ0n) is 9.89. The van der Waals surface area contributed by atoms with Crippen LogP contribution in [0.1, 0.15) is 13.3 Å². The first-order chi connectivity index (χ1) is 8.30. The predicted octanol–water partition coefficient (Wildman–Crippen LogP) is 3.36. The molecule has 1 aromatic rings. The molecule has 1 amide bonds. The molecule has 98 valence electrons. The van der Waals surface area contributed by atoms with E-state index in [1.165, 1.54) is 19.2 Å². The Balaban J connectivity index is 2.11. The van der Waals surface area contributed by atoms with E-state index >= 15 is 0 Å². The normalized spacial score (nSPS) is 24.5. The summed E-state index contributed by atoms with van der Waals surface area (Å²) in [6, 6.07) is 4.18. The van der Waals surface area contributed by atoms with Gasteiger partial charge in [0.1, 0.15) is 4.33 Å². The standard InChI is InChI=1S/C12H12Cl2FNO2/c1-11(6-12(11,13)14)10(17)16-7-3-4-9(18-2)8(15)5-7/h3-5H,6H2,1-2H3,(H,16,17). The highest BCUT2D eigenvalue weighted by atomic mass is 35.5. The number of benzene rings is 1. The molecule has 0 radical (unpaired) electrons.